The molecular weight excluding hydrogens is 444 g/mol. The van der Waals surface area contributed by atoms with Crippen molar-refractivity contribution in [3.8, 4) is 11.5 Å². The lowest BCUT2D eigenvalue weighted by atomic mass is 10.2. The number of nitrogens with zero attached hydrogens (tertiary/aromatic N) is 1. The monoisotopic (exact) mass is 466 g/mol. The zero-order valence-electron chi connectivity index (χ0n) is 16.6. The third-order valence-corrected chi connectivity index (χ3v) is 8.03. The average Bonchev–Trinajstić information content (AvgIpc) is 2.98. The first-order chi connectivity index (χ1) is 14.7. The summed E-state index contributed by atoms with van der Waals surface area (Å²) in [5.74, 6) is 0.500. The topological polar surface area (TPSA) is 119 Å². The van der Waals surface area contributed by atoms with E-state index >= 15 is 0 Å². The van der Waals surface area contributed by atoms with Crippen molar-refractivity contribution in [2.24, 2.45) is 0 Å². The summed E-state index contributed by atoms with van der Waals surface area (Å²) in [6, 6.07) is 10.4. The Morgan fingerprint density at radius 3 is 2.26 bits per heavy atom. The van der Waals surface area contributed by atoms with Gasteiger partial charge in [0, 0.05) is 36.8 Å². The molecule has 2 aliphatic rings. The minimum Gasteiger partial charge on any atom is -0.490 e. The van der Waals surface area contributed by atoms with Gasteiger partial charge >= 0.3 is 0 Å². The number of nitrogens with one attached hydrogen (secondary N) is 1. The molecule has 2 aromatic rings. The Hall–Kier alpha value is -2.79. The van der Waals surface area contributed by atoms with Gasteiger partial charge in [0.1, 0.15) is 0 Å². The first-order valence-electron chi connectivity index (χ1n) is 9.76. The quantitative estimate of drug-likeness (QED) is 0.726. The van der Waals surface area contributed by atoms with Crippen molar-refractivity contribution in [3.05, 3.63) is 48.0 Å². The van der Waals surface area contributed by atoms with Crippen LogP contribution in [0.2, 0.25) is 0 Å². The molecule has 2 aliphatic heterocycles. The first kappa shape index (κ1) is 21.4. The standard InChI is InChI=1S/C20H22N2O7S2/c23-20(22-8-12-30(24,25)13-9-22)15-2-4-16(5-3-15)21-31(26,27)17-6-7-18-19(14-17)29-11-1-10-28-18/h2-7,14,21H,1,8-13H2. The summed E-state index contributed by atoms with van der Waals surface area (Å²) in [6.45, 7) is 1.26. The summed E-state index contributed by atoms with van der Waals surface area (Å²) >= 11 is 0. The van der Waals surface area contributed by atoms with Crippen LogP contribution in [-0.2, 0) is 19.9 Å². The van der Waals surface area contributed by atoms with Gasteiger partial charge in [-0.3, -0.25) is 9.52 Å². The molecule has 31 heavy (non-hydrogen) atoms. The van der Waals surface area contributed by atoms with Gasteiger partial charge in [0.25, 0.3) is 15.9 Å². The molecule has 4 rings (SSSR count). The Balaban J connectivity index is 1.46. The van der Waals surface area contributed by atoms with E-state index in [0.29, 0.717) is 42.4 Å². The first-order valence-corrected chi connectivity index (χ1v) is 13.1. The van der Waals surface area contributed by atoms with Gasteiger partial charge in [-0.25, -0.2) is 16.8 Å². The molecule has 2 heterocycles. The molecular formula is C20H22N2O7S2. The maximum Gasteiger partial charge on any atom is 0.262 e. The molecule has 0 aromatic heterocycles. The van der Waals surface area contributed by atoms with E-state index in [1.807, 2.05) is 0 Å². The summed E-state index contributed by atoms with van der Waals surface area (Å²) in [4.78, 5) is 14.1. The Kier molecular flexibility index (Phi) is 5.80. The Morgan fingerprint density at radius 1 is 0.935 bits per heavy atom. The Morgan fingerprint density at radius 2 is 1.58 bits per heavy atom. The minimum absolute atomic E-state index is 0.0337. The van der Waals surface area contributed by atoms with Crippen LogP contribution in [0.25, 0.3) is 0 Å². The molecule has 0 radical (unpaired) electrons. The van der Waals surface area contributed by atoms with E-state index in [1.165, 1.54) is 41.3 Å². The van der Waals surface area contributed by atoms with Crippen LogP contribution >= 0.6 is 0 Å². The summed E-state index contributed by atoms with van der Waals surface area (Å²) in [5.41, 5.74) is 0.655. The number of fused-ring (bicyclic) bond motifs is 1. The van der Waals surface area contributed by atoms with Gasteiger partial charge in [-0.05, 0) is 36.4 Å². The molecule has 0 atom stereocenters. The number of rotatable bonds is 4. The zero-order valence-corrected chi connectivity index (χ0v) is 18.2. The van der Waals surface area contributed by atoms with Gasteiger partial charge in [0.15, 0.2) is 21.3 Å². The fraction of sp³-hybridized carbons (Fsp3) is 0.350. The van der Waals surface area contributed by atoms with Gasteiger partial charge < -0.3 is 14.4 Å². The molecule has 0 spiro atoms. The molecule has 1 fully saturated rings. The highest BCUT2D eigenvalue weighted by Gasteiger charge is 2.26. The third kappa shape index (κ3) is 4.93. The van der Waals surface area contributed by atoms with Gasteiger partial charge in [-0.15, -0.1) is 0 Å². The lowest BCUT2D eigenvalue weighted by Gasteiger charge is -2.26. The van der Waals surface area contributed by atoms with E-state index in [9.17, 15) is 21.6 Å². The smallest absolute Gasteiger partial charge is 0.262 e. The predicted molar refractivity (Wildman–Crippen MR) is 114 cm³/mol. The predicted octanol–water partition coefficient (Wildman–Crippen LogP) is 1.52. The highest BCUT2D eigenvalue weighted by atomic mass is 32.2. The third-order valence-electron chi connectivity index (χ3n) is 5.04. The van der Waals surface area contributed by atoms with E-state index in [1.54, 1.807) is 6.07 Å². The molecule has 1 N–H and O–H groups in total. The molecule has 9 nitrogen and oxygen atoms in total. The maximum atomic E-state index is 12.8. The van der Waals surface area contributed by atoms with Crippen LogP contribution in [0, 0.1) is 0 Å². The van der Waals surface area contributed by atoms with Crippen LogP contribution in [0.1, 0.15) is 16.8 Å². The molecule has 11 heteroatoms. The van der Waals surface area contributed by atoms with Gasteiger partial charge in [-0.1, -0.05) is 0 Å². The number of hydrogen-bond acceptors (Lipinski definition) is 7. The second-order valence-electron chi connectivity index (χ2n) is 7.29. The molecule has 166 valence electrons. The Labute approximate surface area is 180 Å². The van der Waals surface area contributed by atoms with Crippen molar-refractivity contribution in [2.45, 2.75) is 11.3 Å². The van der Waals surface area contributed by atoms with Crippen molar-refractivity contribution in [2.75, 3.05) is 42.5 Å². The number of anilines is 1. The van der Waals surface area contributed by atoms with Crippen LogP contribution in [0.4, 0.5) is 5.69 Å². The second kappa shape index (κ2) is 8.39. The fourth-order valence-corrected chi connectivity index (χ4v) is 5.58. The molecule has 1 amide bonds. The number of sulfone groups is 1. The van der Waals surface area contributed by atoms with Crippen LogP contribution in [0.3, 0.4) is 0 Å². The highest BCUT2D eigenvalue weighted by Crippen LogP contribution is 2.32. The lowest BCUT2D eigenvalue weighted by Crippen LogP contribution is -2.43. The van der Waals surface area contributed by atoms with Crippen molar-refractivity contribution < 1.29 is 31.1 Å². The van der Waals surface area contributed by atoms with Gasteiger partial charge in [0.05, 0.1) is 29.6 Å². The average molecular weight is 467 g/mol. The van der Waals surface area contributed by atoms with Crippen molar-refractivity contribution in [1.82, 2.24) is 4.90 Å². The van der Waals surface area contributed by atoms with E-state index in [4.69, 9.17) is 9.47 Å². The minimum atomic E-state index is -3.87. The van der Waals surface area contributed by atoms with E-state index in [-0.39, 0.29) is 35.4 Å². The van der Waals surface area contributed by atoms with Gasteiger partial charge in [0.2, 0.25) is 0 Å². The highest BCUT2D eigenvalue weighted by molar-refractivity contribution is 7.92. The molecule has 0 bridgehead atoms. The zero-order chi connectivity index (χ0) is 22.1. The van der Waals surface area contributed by atoms with Crippen LogP contribution in [0.15, 0.2) is 47.4 Å². The number of ether oxygens (including phenoxy) is 2. The van der Waals surface area contributed by atoms with Crippen LogP contribution < -0.4 is 14.2 Å². The SMILES string of the molecule is O=C(c1ccc(NS(=O)(=O)c2ccc3c(c2)OCCCO3)cc1)N1CCS(=O)(=O)CC1. The summed E-state index contributed by atoms with van der Waals surface area (Å²) in [6.07, 6.45) is 0.716. The number of amides is 1. The normalized spacial score (nSPS) is 18.1. The molecule has 0 unspecified atom stereocenters. The van der Waals surface area contributed by atoms with E-state index in [0.717, 1.165) is 0 Å². The largest absolute Gasteiger partial charge is 0.490 e. The number of carbonyl (C=O) groups is 1. The van der Waals surface area contributed by atoms with Crippen molar-refractivity contribution in [1.29, 1.82) is 0 Å². The lowest BCUT2D eigenvalue weighted by molar-refractivity contribution is 0.0770. The summed E-state index contributed by atoms with van der Waals surface area (Å²) < 4.78 is 62.1. The number of carbonyl (C=O) groups excluding carboxylic acids is 1. The van der Waals surface area contributed by atoms with E-state index in [2.05, 4.69) is 4.72 Å². The maximum absolute atomic E-state index is 12.8. The number of hydrogen-bond donors (Lipinski definition) is 1. The molecule has 0 saturated carbocycles. The second-order valence-corrected chi connectivity index (χ2v) is 11.3. The number of sulfonamides is 1. The van der Waals surface area contributed by atoms with Crippen molar-refractivity contribution >= 4 is 31.5 Å². The van der Waals surface area contributed by atoms with Crippen LogP contribution in [-0.4, -0.2) is 65.5 Å². The molecule has 1 saturated heterocycles. The number of benzene rings is 2. The Bertz CT molecular complexity index is 1180. The van der Waals surface area contributed by atoms with E-state index < -0.39 is 19.9 Å². The molecule has 0 aliphatic carbocycles. The molecule has 2 aromatic carbocycles. The van der Waals surface area contributed by atoms with Gasteiger partial charge in [-0.2, -0.15) is 0 Å². The summed E-state index contributed by atoms with van der Waals surface area (Å²) in [7, 11) is -6.95. The fourth-order valence-electron chi connectivity index (χ4n) is 3.30. The summed E-state index contributed by atoms with van der Waals surface area (Å²) in [5, 5.41) is 0. The van der Waals surface area contributed by atoms with Crippen molar-refractivity contribution in [3.63, 3.8) is 0 Å². The van der Waals surface area contributed by atoms with Crippen LogP contribution in [0.5, 0.6) is 11.5 Å².